The topological polar surface area (TPSA) is 38.0 Å². The minimum Gasteiger partial charge on any atom is -0.329 e. The SMILES string of the molecule is CC(C)(C)SN[C@H](CN)c1cccs1. The monoisotopic (exact) mass is 230 g/mol. The van der Waals surface area contributed by atoms with Gasteiger partial charge in [-0.1, -0.05) is 18.0 Å². The predicted molar refractivity (Wildman–Crippen MR) is 66.6 cm³/mol. The maximum atomic E-state index is 5.72. The Balaban J connectivity index is 2.49. The lowest BCUT2D eigenvalue weighted by Crippen LogP contribution is -2.26. The molecular weight excluding hydrogens is 212 g/mol. The van der Waals surface area contributed by atoms with Gasteiger partial charge in [-0.3, -0.25) is 4.72 Å². The molecule has 2 nitrogen and oxygen atoms in total. The Bertz CT molecular complexity index is 252. The number of thiophene rings is 1. The van der Waals surface area contributed by atoms with Crippen LogP contribution < -0.4 is 10.5 Å². The van der Waals surface area contributed by atoms with Crippen LogP contribution in [-0.2, 0) is 0 Å². The smallest absolute Gasteiger partial charge is 0.0637 e. The van der Waals surface area contributed by atoms with Gasteiger partial charge < -0.3 is 5.73 Å². The lowest BCUT2D eigenvalue weighted by molar-refractivity contribution is 0.684. The Morgan fingerprint density at radius 2 is 2.29 bits per heavy atom. The van der Waals surface area contributed by atoms with E-state index in [4.69, 9.17) is 5.73 Å². The first-order valence-electron chi connectivity index (χ1n) is 4.70. The van der Waals surface area contributed by atoms with E-state index >= 15 is 0 Å². The lowest BCUT2D eigenvalue weighted by Gasteiger charge is -2.22. The second-order valence-electron chi connectivity index (χ2n) is 4.14. The highest BCUT2D eigenvalue weighted by Gasteiger charge is 2.15. The summed E-state index contributed by atoms with van der Waals surface area (Å²) in [5.41, 5.74) is 5.72. The predicted octanol–water partition coefficient (Wildman–Crippen LogP) is 2.78. The van der Waals surface area contributed by atoms with Crippen molar-refractivity contribution in [1.29, 1.82) is 0 Å². The Morgan fingerprint density at radius 1 is 1.57 bits per heavy atom. The summed E-state index contributed by atoms with van der Waals surface area (Å²) in [6.07, 6.45) is 0. The summed E-state index contributed by atoms with van der Waals surface area (Å²) in [7, 11) is 0. The summed E-state index contributed by atoms with van der Waals surface area (Å²) in [5, 5.41) is 2.08. The molecule has 0 saturated carbocycles. The van der Waals surface area contributed by atoms with Crippen LogP contribution in [-0.4, -0.2) is 11.3 Å². The summed E-state index contributed by atoms with van der Waals surface area (Å²) in [5.74, 6) is 0. The van der Waals surface area contributed by atoms with Gasteiger partial charge in [0.05, 0.1) is 6.04 Å². The van der Waals surface area contributed by atoms with Crippen molar-refractivity contribution in [2.75, 3.05) is 6.54 Å². The third-order valence-corrected chi connectivity index (χ3v) is 3.63. The highest BCUT2D eigenvalue weighted by molar-refractivity contribution is 7.98. The molecule has 1 aromatic rings. The van der Waals surface area contributed by atoms with Crippen LogP contribution >= 0.6 is 23.3 Å². The average Bonchev–Trinajstić information content (AvgIpc) is 2.56. The third-order valence-electron chi connectivity index (χ3n) is 1.63. The van der Waals surface area contributed by atoms with Crippen LogP contribution in [0.25, 0.3) is 0 Å². The molecule has 0 aliphatic rings. The molecule has 1 atom stereocenters. The first kappa shape index (κ1) is 12.0. The van der Waals surface area contributed by atoms with Gasteiger partial charge >= 0.3 is 0 Å². The molecule has 80 valence electrons. The molecule has 0 saturated heterocycles. The van der Waals surface area contributed by atoms with Crippen molar-refractivity contribution in [3.8, 4) is 0 Å². The Hall–Kier alpha value is -0.0300. The van der Waals surface area contributed by atoms with E-state index in [1.165, 1.54) is 4.88 Å². The summed E-state index contributed by atoms with van der Waals surface area (Å²) in [6.45, 7) is 7.20. The highest BCUT2D eigenvalue weighted by atomic mass is 32.2. The van der Waals surface area contributed by atoms with E-state index in [1.54, 1.807) is 23.3 Å². The molecule has 0 aliphatic carbocycles. The van der Waals surface area contributed by atoms with Crippen molar-refractivity contribution in [3.63, 3.8) is 0 Å². The Kier molecular flexibility index (Phi) is 4.44. The van der Waals surface area contributed by atoms with Crippen molar-refractivity contribution in [2.24, 2.45) is 5.73 Å². The summed E-state index contributed by atoms with van der Waals surface area (Å²) in [6, 6.07) is 4.46. The van der Waals surface area contributed by atoms with E-state index in [-0.39, 0.29) is 10.8 Å². The standard InChI is InChI=1S/C10H18N2S2/c1-10(2,3)14-12-8(7-11)9-5-4-6-13-9/h4-6,8,12H,7,11H2,1-3H3/t8-/m1/s1. The van der Waals surface area contributed by atoms with Crippen molar-refractivity contribution >= 4 is 23.3 Å². The zero-order chi connectivity index (χ0) is 10.6. The molecule has 0 bridgehead atoms. The number of nitrogens with two attached hydrogens (primary N) is 1. The first-order chi connectivity index (χ1) is 6.53. The van der Waals surface area contributed by atoms with E-state index < -0.39 is 0 Å². The van der Waals surface area contributed by atoms with E-state index in [0.29, 0.717) is 6.54 Å². The van der Waals surface area contributed by atoms with Crippen molar-refractivity contribution in [3.05, 3.63) is 22.4 Å². The molecule has 0 amide bonds. The second kappa shape index (κ2) is 5.16. The quantitative estimate of drug-likeness (QED) is 0.781. The van der Waals surface area contributed by atoms with Crippen LogP contribution in [0.2, 0.25) is 0 Å². The molecule has 0 unspecified atom stereocenters. The van der Waals surface area contributed by atoms with Gasteiger partial charge in [-0.25, -0.2) is 0 Å². The minimum absolute atomic E-state index is 0.227. The van der Waals surface area contributed by atoms with Crippen LogP contribution in [0.15, 0.2) is 17.5 Å². The van der Waals surface area contributed by atoms with Gasteiger partial charge in [-0.05, 0) is 32.2 Å². The number of hydrogen-bond acceptors (Lipinski definition) is 4. The van der Waals surface area contributed by atoms with E-state index in [9.17, 15) is 0 Å². The van der Waals surface area contributed by atoms with Gasteiger partial charge in [0.1, 0.15) is 0 Å². The number of hydrogen-bond donors (Lipinski definition) is 2. The van der Waals surface area contributed by atoms with Crippen LogP contribution in [0, 0.1) is 0 Å². The van der Waals surface area contributed by atoms with Crippen LogP contribution in [0.4, 0.5) is 0 Å². The van der Waals surface area contributed by atoms with Gasteiger partial charge in [0.25, 0.3) is 0 Å². The van der Waals surface area contributed by atoms with E-state index in [1.807, 2.05) is 0 Å². The number of nitrogens with one attached hydrogen (secondary N) is 1. The lowest BCUT2D eigenvalue weighted by atomic mass is 10.2. The average molecular weight is 230 g/mol. The third kappa shape index (κ3) is 4.00. The fourth-order valence-electron chi connectivity index (χ4n) is 0.960. The van der Waals surface area contributed by atoms with Gasteiger partial charge in [-0.15, -0.1) is 11.3 Å². The maximum Gasteiger partial charge on any atom is 0.0637 e. The molecule has 0 aliphatic heterocycles. The van der Waals surface area contributed by atoms with Crippen molar-refractivity contribution in [1.82, 2.24) is 4.72 Å². The molecule has 0 fully saturated rings. The fourth-order valence-corrected chi connectivity index (χ4v) is 2.54. The Labute approximate surface area is 94.4 Å². The molecule has 3 N–H and O–H groups in total. The van der Waals surface area contributed by atoms with Crippen LogP contribution in [0.3, 0.4) is 0 Å². The Morgan fingerprint density at radius 3 is 2.71 bits per heavy atom. The van der Waals surface area contributed by atoms with E-state index in [0.717, 1.165) is 0 Å². The molecule has 0 spiro atoms. The largest absolute Gasteiger partial charge is 0.329 e. The molecule has 0 radical (unpaired) electrons. The number of rotatable bonds is 4. The molecule has 1 rings (SSSR count). The van der Waals surface area contributed by atoms with Gasteiger partial charge in [0.15, 0.2) is 0 Å². The molecule has 0 aromatic carbocycles. The molecule has 14 heavy (non-hydrogen) atoms. The van der Waals surface area contributed by atoms with Gasteiger partial charge in [0, 0.05) is 16.2 Å². The molecular formula is C10H18N2S2. The summed E-state index contributed by atoms with van der Waals surface area (Å²) >= 11 is 3.49. The maximum absolute atomic E-state index is 5.72. The molecule has 1 heterocycles. The molecule has 1 aromatic heterocycles. The first-order valence-corrected chi connectivity index (χ1v) is 6.39. The van der Waals surface area contributed by atoms with Crippen molar-refractivity contribution < 1.29 is 0 Å². The van der Waals surface area contributed by atoms with Gasteiger partial charge in [-0.2, -0.15) is 0 Å². The highest BCUT2D eigenvalue weighted by Crippen LogP contribution is 2.26. The zero-order valence-electron chi connectivity index (χ0n) is 8.91. The zero-order valence-corrected chi connectivity index (χ0v) is 10.5. The summed E-state index contributed by atoms with van der Waals surface area (Å²) in [4.78, 5) is 1.31. The van der Waals surface area contributed by atoms with E-state index in [2.05, 4.69) is 43.0 Å². The fraction of sp³-hybridized carbons (Fsp3) is 0.600. The van der Waals surface area contributed by atoms with Crippen LogP contribution in [0.1, 0.15) is 31.7 Å². The van der Waals surface area contributed by atoms with Crippen molar-refractivity contribution in [2.45, 2.75) is 31.6 Å². The minimum atomic E-state index is 0.227. The molecule has 4 heteroatoms. The second-order valence-corrected chi connectivity index (χ2v) is 6.78. The summed E-state index contributed by atoms with van der Waals surface area (Å²) < 4.78 is 3.64. The normalized spacial score (nSPS) is 14.3. The van der Waals surface area contributed by atoms with Gasteiger partial charge in [0.2, 0.25) is 0 Å². The van der Waals surface area contributed by atoms with Crippen LogP contribution in [0.5, 0.6) is 0 Å².